The molecule has 0 saturated heterocycles. The molecule has 136 valence electrons. The summed E-state index contributed by atoms with van der Waals surface area (Å²) in [6.45, 7) is 4.09. The van der Waals surface area contributed by atoms with Crippen molar-refractivity contribution in [3.63, 3.8) is 0 Å². The summed E-state index contributed by atoms with van der Waals surface area (Å²) in [5.74, 6) is -0.149. The van der Waals surface area contributed by atoms with Crippen molar-refractivity contribution >= 4 is 5.97 Å². The van der Waals surface area contributed by atoms with E-state index in [0.29, 0.717) is 32.7 Å². The average Bonchev–Trinajstić information content (AvgIpc) is 2.53. The number of nitrogens with zero attached hydrogens (tertiary/aromatic N) is 1. The maximum Gasteiger partial charge on any atom is 0.305 e. The number of hydrogen-bond acceptors (Lipinski definition) is 5. The molecule has 0 aliphatic heterocycles. The van der Waals surface area contributed by atoms with Gasteiger partial charge in [-0.05, 0) is 25.7 Å². The highest BCUT2D eigenvalue weighted by atomic mass is 16.5. The van der Waals surface area contributed by atoms with Crippen molar-refractivity contribution in [2.24, 2.45) is 0 Å². The van der Waals surface area contributed by atoms with E-state index in [4.69, 9.17) is 14.9 Å². The van der Waals surface area contributed by atoms with Crippen LogP contribution < -0.4 is 0 Å². The van der Waals surface area contributed by atoms with Gasteiger partial charge in [-0.15, -0.1) is 0 Å². The van der Waals surface area contributed by atoms with Gasteiger partial charge in [0.1, 0.15) is 6.61 Å². The molecule has 5 nitrogen and oxygen atoms in total. The lowest BCUT2D eigenvalue weighted by Crippen LogP contribution is -2.33. The van der Waals surface area contributed by atoms with Gasteiger partial charge in [-0.25, -0.2) is 0 Å². The molecule has 0 fully saturated rings. The SMILES string of the molecule is CC/C=C/CCCCCCCC(=O)OCCN(CCO)CCO. The Bertz CT molecular complexity index is 289. The maximum atomic E-state index is 11.6. The smallest absolute Gasteiger partial charge is 0.305 e. The van der Waals surface area contributed by atoms with Crippen molar-refractivity contribution in [2.75, 3.05) is 39.5 Å². The van der Waals surface area contributed by atoms with E-state index in [-0.39, 0.29) is 19.2 Å². The summed E-state index contributed by atoms with van der Waals surface area (Å²) in [4.78, 5) is 13.5. The van der Waals surface area contributed by atoms with Gasteiger partial charge in [0.25, 0.3) is 0 Å². The van der Waals surface area contributed by atoms with Gasteiger partial charge in [-0.1, -0.05) is 38.3 Å². The molecular weight excluding hydrogens is 294 g/mol. The third-order valence-electron chi connectivity index (χ3n) is 3.66. The van der Waals surface area contributed by atoms with E-state index in [1.807, 2.05) is 4.90 Å². The summed E-state index contributed by atoms with van der Waals surface area (Å²) in [6.07, 6.45) is 12.8. The molecule has 0 atom stereocenters. The second-order valence-electron chi connectivity index (χ2n) is 5.70. The normalized spacial score (nSPS) is 11.5. The van der Waals surface area contributed by atoms with Gasteiger partial charge in [0.05, 0.1) is 13.2 Å². The van der Waals surface area contributed by atoms with E-state index in [0.717, 1.165) is 25.7 Å². The third kappa shape index (κ3) is 15.8. The highest BCUT2D eigenvalue weighted by Crippen LogP contribution is 2.08. The van der Waals surface area contributed by atoms with Gasteiger partial charge in [-0.3, -0.25) is 9.69 Å². The van der Waals surface area contributed by atoms with E-state index in [1.54, 1.807) is 0 Å². The van der Waals surface area contributed by atoms with Crippen LogP contribution in [0, 0.1) is 0 Å². The van der Waals surface area contributed by atoms with Crippen LogP contribution in [0.1, 0.15) is 58.3 Å². The summed E-state index contributed by atoms with van der Waals surface area (Å²) in [5, 5.41) is 17.8. The first kappa shape index (κ1) is 22.1. The lowest BCUT2D eigenvalue weighted by atomic mass is 10.1. The van der Waals surface area contributed by atoms with E-state index in [1.165, 1.54) is 19.3 Å². The molecule has 0 aromatic carbocycles. The first-order valence-electron chi connectivity index (χ1n) is 8.99. The Morgan fingerprint density at radius 1 is 0.957 bits per heavy atom. The molecule has 0 radical (unpaired) electrons. The zero-order chi connectivity index (χ0) is 17.2. The molecule has 0 aromatic rings. The quantitative estimate of drug-likeness (QED) is 0.259. The number of carbonyl (C=O) groups is 1. The highest BCUT2D eigenvalue weighted by Gasteiger charge is 2.06. The van der Waals surface area contributed by atoms with E-state index >= 15 is 0 Å². The molecule has 0 unspecified atom stereocenters. The van der Waals surface area contributed by atoms with Crippen LogP contribution in [0.25, 0.3) is 0 Å². The maximum absolute atomic E-state index is 11.6. The van der Waals surface area contributed by atoms with Crippen LogP contribution in [0.5, 0.6) is 0 Å². The molecular formula is C18H35NO4. The molecule has 5 heteroatoms. The largest absolute Gasteiger partial charge is 0.464 e. The van der Waals surface area contributed by atoms with Crippen LogP contribution in [-0.4, -0.2) is 60.5 Å². The van der Waals surface area contributed by atoms with Crippen molar-refractivity contribution in [2.45, 2.75) is 58.3 Å². The summed E-state index contributed by atoms with van der Waals surface area (Å²) in [7, 11) is 0. The lowest BCUT2D eigenvalue weighted by Gasteiger charge is -2.19. The topological polar surface area (TPSA) is 70.0 Å². The van der Waals surface area contributed by atoms with Crippen LogP contribution >= 0.6 is 0 Å². The monoisotopic (exact) mass is 329 g/mol. The number of rotatable bonds is 16. The second kappa shape index (κ2) is 17.4. The molecule has 0 saturated carbocycles. The van der Waals surface area contributed by atoms with Gasteiger partial charge >= 0.3 is 5.97 Å². The lowest BCUT2D eigenvalue weighted by molar-refractivity contribution is -0.144. The van der Waals surface area contributed by atoms with Crippen molar-refractivity contribution in [1.29, 1.82) is 0 Å². The molecule has 0 bridgehead atoms. The minimum atomic E-state index is -0.149. The summed E-state index contributed by atoms with van der Waals surface area (Å²) in [5.41, 5.74) is 0. The molecule has 0 amide bonds. The van der Waals surface area contributed by atoms with Crippen LogP contribution in [0.4, 0.5) is 0 Å². The molecule has 0 spiro atoms. The number of hydrogen-bond donors (Lipinski definition) is 2. The fourth-order valence-electron chi connectivity index (χ4n) is 2.33. The first-order valence-corrected chi connectivity index (χ1v) is 8.99. The summed E-state index contributed by atoms with van der Waals surface area (Å²) >= 11 is 0. The number of ether oxygens (including phenoxy) is 1. The number of carbonyl (C=O) groups excluding carboxylic acids is 1. The van der Waals surface area contributed by atoms with Crippen LogP contribution in [0.2, 0.25) is 0 Å². The molecule has 0 aliphatic carbocycles. The first-order chi connectivity index (χ1) is 11.2. The van der Waals surface area contributed by atoms with Gasteiger partial charge in [0.15, 0.2) is 0 Å². The molecule has 0 heterocycles. The standard InChI is InChI=1S/C18H35NO4/c1-2-3-4-5-6-7-8-9-10-11-18(22)23-17-14-19(12-15-20)13-16-21/h3-4,20-21H,2,5-17H2,1H3/b4-3+. The zero-order valence-electron chi connectivity index (χ0n) is 14.7. The Labute approximate surface area is 141 Å². The second-order valence-corrected chi connectivity index (χ2v) is 5.70. The number of unbranched alkanes of at least 4 members (excludes halogenated alkanes) is 5. The molecule has 2 N–H and O–H groups in total. The highest BCUT2D eigenvalue weighted by molar-refractivity contribution is 5.69. The van der Waals surface area contributed by atoms with E-state index in [9.17, 15) is 4.79 Å². The molecule has 0 aliphatic rings. The Morgan fingerprint density at radius 2 is 1.61 bits per heavy atom. The van der Waals surface area contributed by atoms with Crippen molar-refractivity contribution < 1.29 is 19.7 Å². The molecule has 23 heavy (non-hydrogen) atoms. The predicted octanol–water partition coefficient (Wildman–Crippen LogP) is 2.51. The van der Waals surface area contributed by atoms with Gasteiger partial charge in [0, 0.05) is 26.1 Å². The Hall–Kier alpha value is -0.910. The number of allylic oxidation sites excluding steroid dienone is 2. The van der Waals surface area contributed by atoms with Gasteiger partial charge < -0.3 is 14.9 Å². The summed E-state index contributed by atoms with van der Waals surface area (Å²) < 4.78 is 5.18. The Kier molecular flexibility index (Phi) is 16.8. The molecule has 0 aromatic heterocycles. The van der Waals surface area contributed by atoms with Crippen molar-refractivity contribution in [1.82, 2.24) is 4.90 Å². The predicted molar refractivity (Wildman–Crippen MR) is 93.3 cm³/mol. The molecule has 0 rings (SSSR count). The third-order valence-corrected chi connectivity index (χ3v) is 3.66. The average molecular weight is 329 g/mol. The van der Waals surface area contributed by atoms with Gasteiger partial charge in [0.2, 0.25) is 0 Å². The summed E-state index contributed by atoms with van der Waals surface area (Å²) in [6, 6.07) is 0. The van der Waals surface area contributed by atoms with Crippen molar-refractivity contribution in [3.05, 3.63) is 12.2 Å². The van der Waals surface area contributed by atoms with E-state index < -0.39 is 0 Å². The fraction of sp³-hybridized carbons (Fsp3) is 0.833. The van der Waals surface area contributed by atoms with Crippen LogP contribution in [0.15, 0.2) is 12.2 Å². The number of esters is 1. The van der Waals surface area contributed by atoms with Crippen LogP contribution in [0.3, 0.4) is 0 Å². The van der Waals surface area contributed by atoms with Gasteiger partial charge in [-0.2, -0.15) is 0 Å². The minimum absolute atomic E-state index is 0.0438. The Morgan fingerprint density at radius 3 is 2.26 bits per heavy atom. The van der Waals surface area contributed by atoms with Crippen molar-refractivity contribution in [3.8, 4) is 0 Å². The van der Waals surface area contributed by atoms with E-state index in [2.05, 4.69) is 19.1 Å². The fourth-order valence-corrected chi connectivity index (χ4v) is 2.33. The van der Waals surface area contributed by atoms with Crippen LogP contribution in [-0.2, 0) is 9.53 Å². The number of aliphatic hydroxyl groups excluding tert-OH is 2. The Balaban J connectivity index is 3.44. The zero-order valence-corrected chi connectivity index (χ0v) is 14.7. The minimum Gasteiger partial charge on any atom is -0.464 e. The number of aliphatic hydroxyl groups is 2.